The summed E-state index contributed by atoms with van der Waals surface area (Å²) in [4.78, 5) is 0. The lowest BCUT2D eigenvalue weighted by Crippen LogP contribution is -2.33. The molecule has 1 aliphatic carbocycles. The van der Waals surface area contributed by atoms with Gasteiger partial charge in [-0.05, 0) is 12.8 Å². The van der Waals surface area contributed by atoms with Gasteiger partial charge in [0.2, 0.25) is 10.0 Å². The van der Waals surface area contributed by atoms with Crippen molar-refractivity contribution in [3.63, 3.8) is 0 Å². The number of hydrogen-bond donors (Lipinski definition) is 0. The monoisotopic (exact) mass is 188 g/mol. The molecular formula is C7H12N2O2S. The van der Waals surface area contributed by atoms with Gasteiger partial charge in [-0.15, -0.1) is 0 Å². The lowest BCUT2D eigenvalue weighted by molar-refractivity contribution is 0.461. The van der Waals surface area contributed by atoms with Gasteiger partial charge in [-0.3, -0.25) is 0 Å². The molecule has 1 saturated carbocycles. The first-order chi connectivity index (χ1) is 5.62. The van der Waals surface area contributed by atoms with E-state index in [2.05, 4.69) is 0 Å². The molecule has 1 aliphatic rings. The Hall–Kier alpha value is -0.600. The Labute approximate surface area is 72.8 Å². The van der Waals surface area contributed by atoms with Crippen molar-refractivity contribution in [3.8, 4) is 6.07 Å². The molecule has 5 heteroatoms. The first kappa shape index (κ1) is 9.49. The van der Waals surface area contributed by atoms with Crippen molar-refractivity contribution in [1.29, 1.82) is 5.26 Å². The van der Waals surface area contributed by atoms with Gasteiger partial charge in [0.15, 0.2) is 0 Å². The molecule has 0 heterocycles. The van der Waals surface area contributed by atoms with E-state index in [-0.39, 0.29) is 11.8 Å². The first-order valence-electron chi connectivity index (χ1n) is 3.98. The maximum absolute atomic E-state index is 11.5. The summed E-state index contributed by atoms with van der Waals surface area (Å²) in [5, 5.41) is 8.17. The molecule has 0 spiro atoms. The zero-order chi connectivity index (χ0) is 9.19. The molecule has 0 radical (unpaired) electrons. The Morgan fingerprint density at radius 2 is 2.17 bits per heavy atom. The molecular weight excluding hydrogens is 176 g/mol. The van der Waals surface area contributed by atoms with Gasteiger partial charge in [0.1, 0.15) is 6.54 Å². The van der Waals surface area contributed by atoms with Crippen molar-refractivity contribution < 1.29 is 8.42 Å². The van der Waals surface area contributed by atoms with Crippen LogP contribution in [0, 0.1) is 11.3 Å². The van der Waals surface area contributed by atoms with Gasteiger partial charge in [0.25, 0.3) is 0 Å². The molecule has 0 amide bonds. The normalized spacial score (nSPS) is 17.8. The van der Waals surface area contributed by atoms with E-state index < -0.39 is 10.0 Å². The van der Waals surface area contributed by atoms with E-state index in [1.54, 1.807) is 6.92 Å². The van der Waals surface area contributed by atoms with Gasteiger partial charge < -0.3 is 0 Å². The van der Waals surface area contributed by atoms with E-state index in [1.165, 1.54) is 4.31 Å². The summed E-state index contributed by atoms with van der Waals surface area (Å²) in [6.45, 7) is 2.12. The van der Waals surface area contributed by atoms with Crippen LogP contribution in [0.4, 0.5) is 0 Å². The van der Waals surface area contributed by atoms with Crippen LogP contribution in [0.25, 0.3) is 0 Å². The minimum atomic E-state index is -3.13. The highest BCUT2D eigenvalue weighted by Gasteiger charge is 2.39. The average molecular weight is 188 g/mol. The fourth-order valence-corrected chi connectivity index (χ4v) is 2.79. The van der Waals surface area contributed by atoms with E-state index in [1.807, 2.05) is 6.07 Å². The van der Waals surface area contributed by atoms with Crippen LogP contribution in [-0.2, 0) is 10.0 Å². The average Bonchev–Trinajstić information content (AvgIpc) is 2.81. The molecule has 0 bridgehead atoms. The van der Waals surface area contributed by atoms with E-state index in [0.29, 0.717) is 6.54 Å². The second kappa shape index (κ2) is 3.42. The zero-order valence-corrected chi connectivity index (χ0v) is 7.84. The van der Waals surface area contributed by atoms with Gasteiger partial charge in [0.05, 0.1) is 11.3 Å². The Bertz CT molecular complexity index is 287. The number of sulfonamides is 1. The standard InChI is InChI=1S/C7H12N2O2S/c1-2-9(6-5-8)12(10,11)7-3-4-7/h7H,2-4,6H2,1H3. The quantitative estimate of drug-likeness (QED) is 0.597. The smallest absolute Gasteiger partial charge is 0.212 e. The molecule has 0 aromatic rings. The minimum absolute atomic E-state index is 0.0185. The highest BCUT2D eigenvalue weighted by atomic mass is 32.2. The topological polar surface area (TPSA) is 61.2 Å². The lowest BCUT2D eigenvalue weighted by Gasteiger charge is -2.15. The summed E-state index contributed by atoms with van der Waals surface area (Å²) >= 11 is 0. The number of hydrogen-bond acceptors (Lipinski definition) is 3. The molecule has 0 atom stereocenters. The van der Waals surface area contributed by atoms with Crippen LogP contribution >= 0.6 is 0 Å². The van der Waals surface area contributed by atoms with Gasteiger partial charge in [-0.25, -0.2) is 8.42 Å². The third-order valence-corrected chi connectivity index (χ3v) is 4.33. The summed E-state index contributed by atoms with van der Waals surface area (Å²) in [5.41, 5.74) is 0. The third kappa shape index (κ3) is 1.76. The van der Waals surface area contributed by atoms with Crippen LogP contribution in [0.2, 0.25) is 0 Å². The molecule has 1 fully saturated rings. The van der Waals surface area contributed by atoms with Crippen LogP contribution < -0.4 is 0 Å². The largest absolute Gasteiger partial charge is 0.217 e. The fourth-order valence-electron chi connectivity index (χ4n) is 1.04. The van der Waals surface area contributed by atoms with Crippen LogP contribution in [-0.4, -0.2) is 31.1 Å². The van der Waals surface area contributed by atoms with Crippen molar-refractivity contribution in [2.45, 2.75) is 25.0 Å². The van der Waals surface area contributed by atoms with E-state index in [0.717, 1.165) is 12.8 Å². The van der Waals surface area contributed by atoms with Crippen LogP contribution in [0.5, 0.6) is 0 Å². The summed E-state index contributed by atoms with van der Waals surface area (Å²) in [6, 6.07) is 1.85. The van der Waals surface area contributed by atoms with E-state index >= 15 is 0 Å². The Kier molecular flexibility index (Phi) is 2.70. The van der Waals surface area contributed by atoms with Crippen molar-refractivity contribution in [1.82, 2.24) is 4.31 Å². The molecule has 12 heavy (non-hydrogen) atoms. The van der Waals surface area contributed by atoms with Crippen molar-refractivity contribution >= 4 is 10.0 Å². The molecule has 1 rings (SSSR count). The van der Waals surface area contributed by atoms with Crippen LogP contribution in [0.3, 0.4) is 0 Å². The minimum Gasteiger partial charge on any atom is -0.212 e. The maximum Gasteiger partial charge on any atom is 0.217 e. The molecule has 0 unspecified atom stereocenters. The van der Waals surface area contributed by atoms with Gasteiger partial charge >= 0.3 is 0 Å². The Balaban J connectivity index is 2.70. The second-order valence-electron chi connectivity index (χ2n) is 2.83. The van der Waals surface area contributed by atoms with Crippen LogP contribution in [0.1, 0.15) is 19.8 Å². The first-order valence-corrected chi connectivity index (χ1v) is 5.49. The summed E-state index contributed by atoms with van der Waals surface area (Å²) in [5.74, 6) is 0. The maximum atomic E-state index is 11.5. The van der Waals surface area contributed by atoms with Crippen LogP contribution in [0.15, 0.2) is 0 Å². The Morgan fingerprint density at radius 1 is 1.58 bits per heavy atom. The van der Waals surface area contributed by atoms with Crippen molar-refractivity contribution in [2.75, 3.05) is 13.1 Å². The molecule has 0 aromatic heterocycles. The highest BCUT2D eigenvalue weighted by Crippen LogP contribution is 2.30. The summed E-state index contributed by atoms with van der Waals surface area (Å²) < 4.78 is 24.2. The van der Waals surface area contributed by atoms with Crippen molar-refractivity contribution in [2.24, 2.45) is 0 Å². The SMILES string of the molecule is CCN(CC#N)S(=O)(=O)C1CC1. The number of nitriles is 1. The summed E-state index contributed by atoms with van der Waals surface area (Å²) in [6.07, 6.45) is 1.51. The second-order valence-corrected chi connectivity index (χ2v) is 5.04. The molecule has 0 N–H and O–H groups in total. The van der Waals surface area contributed by atoms with Gasteiger partial charge in [-0.2, -0.15) is 9.57 Å². The third-order valence-electron chi connectivity index (χ3n) is 1.91. The molecule has 0 aromatic carbocycles. The highest BCUT2D eigenvalue weighted by molar-refractivity contribution is 7.90. The van der Waals surface area contributed by atoms with Gasteiger partial charge in [0, 0.05) is 6.54 Å². The molecule has 0 aliphatic heterocycles. The Morgan fingerprint density at radius 3 is 2.50 bits per heavy atom. The summed E-state index contributed by atoms with van der Waals surface area (Å²) in [7, 11) is -3.13. The van der Waals surface area contributed by atoms with Gasteiger partial charge in [-0.1, -0.05) is 6.92 Å². The fraction of sp³-hybridized carbons (Fsp3) is 0.857. The molecule has 4 nitrogen and oxygen atoms in total. The molecule has 68 valence electrons. The van der Waals surface area contributed by atoms with E-state index in [9.17, 15) is 8.42 Å². The molecule has 0 saturated heterocycles. The zero-order valence-electron chi connectivity index (χ0n) is 7.02. The lowest BCUT2D eigenvalue weighted by atomic mass is 10.6. The predicted octanol–water partition coefficient (Wildman–Crippen LogP) is 0.324. The number of rotatable bonds is 4. The number of nitrogens with zero attached hydrogens (tertiary/aromatic N) is 2. The van der Waals surface area contributed by atoms with E-state index in [4.69, 9.17) is 5.26 Å². The predicted molar refractivity (Wildman–Crippen MR) is 44.8 cm³/mol. The van der Waals surface area contributed by atoms with Crippen molar-refractivity contribution in [3.05, 3.63) is 0 Å².